The van der Waals surface area contributed by atoms with Gasteiger partial charge in [0.25, 0.3) is 5.56 Å². The van der Waals surface area contributed by atoms with Gasteiger partial charge in [-0.05, 0) is 51.6 Å². The van der Waals surface area contributed by atoms with Crippen molar-refractivity contribution in [3.63, 3.8) is 0 Å². The summed E-state index contributed by atoms with van der Waals surface area (Å²) in [7, 11) is 0. The van der Waals surface area contributed by atoms with E-state index < -0.39 is 0 Å². The highest BCUT2D eigenvalue weighted by Gasteiger charge is 2.04. The van der Waals surface area contributed by atoms with E-state index in [0.29, 0.717) is 17.1 Å². The molecule has 0 aliphatic rings. The van der Waals surface area contributed by atoms with E-state index in [1.165, 1.54) is 0 Å². The number of aromatic nitrogens is 1. The summed E-state index contributed by atoms with van der Waals surface area (Å²) in [6.07, 6.45) is 0. The predicted octanol–water partition coefficient (Wildman–Crippen LogP) is 4.56. The number of benzene rings is 2. The van der Waals surface area contributed by atoms with Crippen molar-refractivity contribution < 1.29 is 0 Å². The quantitative estimate of drug-likeness (QED) is 0.716. The van der Waals surface area contributed by atoms with Gasteiger partial charge in [0.15, 0.2) is 0 Å². The third kappa shape index (κ3) is 3.12. The summed E-state index contributed by atoms with van der Waals surface area (Å²) in [6.45, 7) is 0.453. The number of fused-ring (bicyclic) bond motifs is 1. The van der Waals surface area contributed by atoms with Crippen molar-refractivity contribution in [3.05, 3.63) is 73.9 Å². The molecule has 2 aromatic carbocycles. The van der Waals surface area contributed by atoms with Crippen LogP contribution in [0.1, 0.15) is 5.56 Å². The van der Waals surface area contributed by atoms with E-state index in [1.54, 1.807) is 6.07 Å². The Morgan fingerprint density at radius 2 is 1.95 bits per heavy atom. The van der Waals surface area contributed by atoms with Gasteiger partial charge in [-0.3, -0.25) is 4.79 Å². The average Bonchev–Trinajstić information content (AvgIpc) is 2.48. The molecule has 2 N–H and O–H groups in total. The van der Waals surface area contributed by atoms with E-state index in [4.69, 9.17) is 11.6 Å². The minimum Gasteiger partial charge on any atom is -0.381 e. The van der Waals surface area contributed by atoms with Crippen LogP contribution in [0.2, 0.25) is 5.02 Å². The van der Waals surface area contributed by atoms with Gasteiger partial charge >= 0.3 is 0 Å². The highest BCUT2D eigenvalue weighted by atomic mass is 79.9. The first-order valence-electron chi connectivity index (χ1n) is 6.43. The van der Waals surface area contributed by atoms with Gasteiger partial charge < -0.3 is 10.3 Å². The highest BCUT2D eigenvalue weighted by molar-refractivity contribution is 9.10. The Balaban J connectivity index is 1.86. The van der Waals surface area contributed by atoms with E-state index in [1.807, 2.05) is 42.5 Å². The molecule has 0 aliphatic heterocycles. The zero-order valence-electron chi connectivity index (χ0n) is 11.0. The zero-order chi connectivity index (χ0) is 14.8. The van der Waals surface area contributed by atoms with Gasteiger partial charge in [-0.2, -0.15) is 0 Å². The van der Waals surface area contributed by atoms with E-state index in [0.717, 1.165) is 21.1 Å². The van der Waals surface area contributed by atoms with E-state index in [2.05, 4.69) is 26.2 Å². The largest absolute Gasteiger partial charge is 0.381 e. The standard InChI is InChI=1S/C16H12BrClN2O/c17-13-8-12(5-6-14(13)18)19-9-11-7-10-3-1-2-4-15(10)20-16(11)21/h1-8,19H,9H2,(H,20,21). The van der Waals surface area contributed by atoms with Crippen molar-refractivity contribution in [2.45, 2.75) is 6.54 Å². The number of H-pyrrole nitrogens is 1. The van der Waals surface area contributed by atoms with Crippen LogP contribution in [0.15, 0.2) is 57.8 Å². The van der Waals surface area contributed by atoms with Crippen LogP contribution in [0.25, 0.3) is 10.9 Å². The summed E-state index contributed by atoms with van der Waals surface area (Å²) in [5, 5.41) is 4.90. The fourth-order valence-electron chi connectivity index (χ4n) is 2.13. The first-order chi connectivity index (χ1) is 10.1. The van der Waals surface area contributed by atoms with Gasteiger partial charge in [0.05, 0.1) is 5.02 Å². The molecule has 3 nitrogen and oxygen atoms in total. The number of rotatable bonds is 3. The van der Waals surface area contributed by atoms with Crippen LogP contribution in [0.5, 0.6) is 0 Å². The number of aromatic amines is 1. The zero-order valence-corrected chi connectivity index (χ0v) is 13.3. The number of nitrogens with one attached hydrogen (secondary N) is 2. The first kappa shape index (κ1) is 14.2. The lowest BCUT2D eigenvalue weighted by Gasteiger charge is -2.08. The molecule has 1 aromatic heterocycles. The van der Waals surface area contributed by atoms with Gasteiger partial charge in [0, 0.05) is 27.8 Å². The molecule has 1 heterocycles. The van der Waals surface area contributed by atoms with Gasteiger partial charge in [-0.1, -0.05) is 29.8 Å². The van der Waals surface area contributed by atoms with Crippen molar-refractivity contribution >= 4 is 44.1 Å². The van der Waals surface area contributed by atoms with Crippen LogP contribution in [-0.4, -0.2) is 4.98 Å². The van der Waals surface area contributed by atoms with Crippen LogP contribution in [0.4, 0.5) is 5.69 Å². The van der Waals surface area contributed by atoms with E-state index >= 15 is 0 Å². The van der Waals surface area contributed by atoms with Crippen molar-refractivity contribution in [2.24, 2.45) is 0 Å². The summed E-state index contributed by atoms with van der Waals surface area (Å²) in [6, 6.07) is 15.2. The monoisotopic (exact) mass is 362 g/mol. The summed E-state index contributed by atoms with van der Waals surface area (Å²) >= 11 is 9.34. The molecule has 0 fully saturated rings. The SMILES string of the molecule is O=c1[nH]c2ccccc2cc1CNc1ccc(Cl)c(Br)c1. The van der Waals surface area contributed by atoms with Crippen LogP contribution >= 0.6 is 27.5 Å². The molecular formula is C16H12BrClN2O. The fraction of sp³-hybridized carbons (Fsp3) is 0.0625. The maximum atomic E-state index is 12.0. The number of para-hydroxylation sites is 1. The number of halogens is 2. The molecule has 21 heavy (non-hydrogen) atoms. The van der Waals surface area contributed by atoms with Crippen LogP contribution in [0.3, 0.4) is 0 Å². The molecule has 0 bridgehead atoms. The molecule has 0 radical (unpaired) electrons. The lowest BCUT2D eigenvalue weighted by Crippen LogP contribution is -2.15. The summed E-state index contributed by atoms with van der Waals surface area (Å²) in [5.41, 5.74) is 2.37. The number of hydrogen-bond acceptors (Lipinski definition) is 2. The molecule has 0 unspecified atom stereocenters. The maximum Gasteiger partial charge on any atom is 0.253 e. The van der Waals surface area contributed by atoms with Crippen molar-refractivity contribution in [1.29, 1.82) is 0 Å². The second-order valence-corrected chi connectivity index (χ2v) is 5.95. The Bertz CT molecular complexity index is 860. The maximum absolute atomic E-state index is 12.0. The third-order valence-electron chi connectivity index (χ3n) is 3.23. The Morgan fingerprint density at radius 1 is 1.14 bits per heavy atom. The second kappa shape index (κ2) is 5.92. The Hall–Kier alpha value is -1.78. The van der Waals surface area contributed by atoms with Gasteiger partial charge in [-0.25, -0.2) is 0 Å². The van der Waals surface area contributed by atoms with Gasteiger partial charge in [-0.15, -0.1) is 0 Å². The highest BCUT2D eigenvalue weighted by Crippen LogP contribution is 2.25. The molecule has 5 heteroatoms. The molecule has 0 saturated heterocycles. The summed E-state index contributed by atoms with van der Waals surface area (Å²) < 4.78 is 0.821. The Morgan fingerprint density at radius 3 is 2.76 bits per heavy atom. The average molecular weight is 364 g/mol. The van der Waals surface area contributed by atoms with Crippen molar-refractivity contribution in [3.8, 4) is 0 Å². The molecule has 0 amide bonds. The molecule has 0 aliphatic carbocycles. The number of anilines is 1. The molecular weight excluding hydrogens is 352 g/mol. The minimum atomic E-state index is -0.0748. The number of hydrogen-bond donors (Lipinski definition) is 2. The summed E-state index contributed by atoms with van der Waals surface area (Å²) in [5.74, 6) is 0. The molecule has 0 atom stereocenters. The van der Waals surface area contributed by atoms with Crippen LogP contribution in [0, 0.1) is 0 Å². The summed E-state index contributed by atoms with van der Waals surface area (Å²) in [4.78, 5) is 14.9. The van der Waals surface area contributed by atoms with Gasteiger partial charge in [0.1, 0.15) is 0 Å². The lowest BCUT2D eigenvalue weighted by molar-refractivity contribution is 1.09. The van der Waals surface area contributed by atoms with Crippen LogP contribution < -0.4 is 10.9 Å². The van der Waals surface area contributed by atoms with Crippen LogP contribution in [-0.2, 0) is 6.54 Å². The minimum absolute atomic E-state index is 0.0748. The van der Waals surface area contributed by atoms with Gasteiger partial charge in [0.2, 0.25) is 0 Å². The van der Waals surface area contributed by atoms with Crippen molar-refractivity contribution in [1.82, 2.24) is 4.98 Å². The Labute approximate surface area is 135 Å². The molecule has 0 saturated carbocycles. The van der Waals surface area contributed by atoms with E-state index in [-0.39, 0.29) is 5.56 Å². The lowest BCUT2D eigenvalue weighted by atomic mass is 10.1. The normalized spacial score (nSPS) is 10.8. The van der Waals surface area contributed by atoms with E-state index in [9.17, 15) is 4.79 Å². The predicted molar refractivity (Wildman–Crippen MR) is 91.0 cm³/mol. The smallest absolute Gasteiger partial charge is 0.253 e. The molecule has 3 rings (SSSR count). The second-order valence-electron chi connectivity index (χ2n) is 4.69. The number of pyridine rings is 1. The molecule has 3 aromatic rings. The fourth-order valence-corrected chi connectivity index (χ4v) is 2.62. The first-order valence-corrected chi connectivity index (χ1v) is 7.60. The van der Waals surface area contributed by atoms with Crippen molar-refractivity contribution in [2.75, 3.05) is 5.32 Å². The third-order valence-corrected chi connectivity index (χ3v) is 4.45. The molecule has 0 spiro atoms. The topological polar surface area (TPSA) is 44.9 Å². The Kier molecular flexibility index (Phi) is 3.99. The molecule has 106 valence electrons.